The summed E-state index contributed by atoms with van der Waals surface area (Å²) in [6.45, 7) is 0.231. The molecular weight excluding hydrogens is 441 g/mol. The van der Waals surface area contributed by atoms with Gasteiger partial charge >= 0.3 is 6.18 Å². The van der Waals surface area contributed by atoms with Crippen molar-refractivity contribution in [3.63, 3.8) is 0 Å². The van der Waals surface area contributed by atoms with Gasteiger partial charge in [-0.2, -0.15) is 18.3 Å². The molecule has 0 aliphatic carbocycles. The summed E-state index contributed by atoms with van der Waals surface area (Å²) in [6, 6.07) is 16.6. The van der Waals surface area contributed by atoms with Crippen LogP contribution in [0.15, 0.2) is 60.7 Å². The monoisotopic (exact) mass is 459 g/mol. The van der Waals surface area contributed by atoms with Gasteiger partial charge in [0.05, 0.1) is 16.6 Å². The molecule has 1 atom stereocenters. The molecule has 6 nitrogen and oxygen atoms in total. The molecule has 4 rings (SSSR count). The van der Waals surface area contributed by atoms with Crippen molar-refractivity contribution in [1.29, 1.82) is 0 Å². The fraction of sp³-hybridized carbons (Fsp3) is 0.182. The molecule has 166 valence electrons. The van der Waals surface area contributed by atoms with E-state index in [1.165, 1.54) is 4.68 Å². The second-order valence-electron chi connectivity index (χ2n) is 7.17. The van der Waals surface area contributed by atoms with Gasteiger partial charge in [0, 0.05) is 36.0 Å². The van der Waals surface area contributed by atoms with Crippen LogP contribution in [0.4, 0.5) is 13.2 Å². The van der Waals surface area contributed by atoms with Gasteiger partial charge < -0.3 is 4.55 Å². The van der Waals surface area contributed by atoms with Gasteiger partial charge in [-0.1, -0.05) is 54.6 Å². The summed E-state index contributed by atoms with van der Waals surface area (Å²) >= 11 is -2.34. The van der Waals surface area contributed by atoms with Gasteiger partial charge in [0.15, 0.2) is 5.65 Å². The second-order valence-corrected chi connectivity index (χ2v) is 7.92. The van der Waals surface area contributed by atoms with Crippen molar-refractivity contribution in [3.8, 4) is 22.5 Å². The minimum Gasteiger partial charge on any atom is -0.760 e. The number of pyridine rings is 1. The molecule has 0 aliphatic heterocycles. The zero-order valence-electron chi connectivity index (χ0n) is 16.9. The Labute approximate surface area is 184 Å². The maximum absolute atomic E-state index is 14.1. The van der Waals surface area contributed by atoms with Gasteiger partial charge in [-0.05, 0) is 18.1 Å². The van der Waals surface area contributed by atoms with Gasteiger partial charge in [-0.25, -0.2) is 14.4 Å². The van der Waals surface area contributed by atoms with E-state index in [0.29, 0.717) is 17.5 Å². The third-order valence-corrected chi connectivity index (χ3v) is 5.47. The number of aryl methyl sites for hydroxylation is 1. The summed E-state index contributed by atoms with van der Waals surface area (Å²) in [7, 11) is 1.57. The maximum Gasteiger partial charge on any atom is 0.417 e. The van der Waals surface area contributed by atoms with Crippen LogP contribution >= 0.6 is 0 Å². The molecule has 0 saturated heterocycles. The Hall–Kier alpha value is -3.08. The molecule has 0 fully saturated rings. The van der Waals surface area contributed by atoms with Crippen molar-refractivity contribution in [2.45, 2.75) is 12.6 Å². The summed E-state index contributed by atoms with van der Waals surface area (Å²) in [5, 5.41) is 4.29. The first kappa shape index (κ1) is 22.1. The Kier molecular flexibility index (Phi) is 6.09. The fourth-order valence-electron chi connectivity index (χ4n) is 3.54. The van der Waals surface area contributed by atoms with Crippen LogP contribution < -0.4 is 4.72 Å². The van der Waals surface area contributed by atoms with Crippen LogP contribution in [0.25, 0.3) is 33.5 Å². The van der Waals surface area contributed by atoms with Crippen LogP contribution in [0, 0.1) is 0 Å². The van der Waals surface area contributed by atoms with Gasteiger partial charge in [-0.15, -0.1) is 0 Å². The van der Waals surface area contributed by atoms with Crippen molar-refractivity contribution >= 4 is 22.3 Å². The van der Waals surface area contributed by atoms with Gasteiger partial charge in [0.25, 0.3) is 0 Å². The Balaban J connectivity index is 1.79. The van der Waals surface area contributed by atoms with Gasteiger partial charge in [0.1, 0.15) is 5.69 Å². The first-order chi connectivity index (χ1) is 15.2. The number of hydrogen-bond donors (Lipinski definition) is 1. The molecule has 32 heavy (non-hydrogen) atoms. The number of fused-ring (bicyclic) bond motifs is 1. The molecule has 2 aromatic heterocycles. The smallest absolute Gasteiger partial charge is 0.417 e. The fourth-order valence-corrected chi connectivity index (χ4v) is 3.81. The summed E-state index contributed by atoms with van der Waals surface area (Å²) < 4.78 is 66.9. The van der Waals surface area contributed by atoms with E-state index in [4.69, 9.17) is 0 Å². The number of aromatic nitrogens is 3. The highest BCUT2D eigenvalue weighted by atomic mass is 32.2. The Bertz CT molecular complexity index is 1270. The third-order valence-electron chi connectivity index (χ3n) is 5.03. The zero-order valence-corrected chi connectivity index (χ0v) is 17.7. The molecule has 1 unspecified atom stereocenters. The number of benzene rings is 2. The van der Waals surface area contributed by atoms with E-state index in [1.807, 2.05) is 0 Å². The summed E-state index contributed by atoms with van der Waals surface area (Å²) in [5.41, 5.74) is 1.69. The maximum atomic E-state index is 14.1. The molecule has 0 radical (unpaired) electrons. The van der Waals surface area contributed by atoms with Crippen LogP contribution in [-0.4, -0.2) is 30.1 Å². The first-order valence-electron chi connectivity index (χ1n) is 9.66. The van der Waals surface area contributed by atoms with Crippen LogP contribution in [0.5, 0.6) is 0 Å². The van der Waals surface area contributed by atoms with Crippen LogP contribution in [0.2, 0.25) is 0 Å². The molecule has 0 bridgehead atoms. The third kappa shape index (κ3) is 4.57. The molecule has 0 amide bonds. The lowest BCUT2D eigenvalue weighted by atomic mass is 10.0. The quantitative estimate of drug-likeness (QED) is 0.437. The van der Waals surface area contributed by atoms with E-state index in [2.05, 4.69) is 14.8 Å². The topological polar surface area (TPSA) is 82.9 Å². The highest BCUT2D eigenvalue weighted by Crippen LogP contribution is 2.40. The highest BCUT2D eigenvalue weighted by molar-refractivity contribution is 7.77. The molecule has 10 heteroatoms. The Morgan fingerprint density at radius 1 is 1.06 bits per heavy atom. The first-order valence-corrected chi connectivity index (χ1v) is 10.7. The van der Waals surface area contributed by atoms with E-state index in [0.717, 1.165) is 11.6 Å². The van der Waals surface area contributed by atoms with Crippen molar-refractivity contribution in [3.05, 3.63) is 71.8 Å². The van der Waals surface area contributed by atoms with E-state index in [9.17, 15) is 21.9 Å². The predicted molar refractivity (Wildman–Crippen MR) is 115 cm³/mol. The van der Waals surface area contributed by atoms with Crippen LogP contribution in [-0.2, 0) is 30.9 Å². The van der Waals surface area contributed by atoms with E-state index < -0.39 is 23.0 Å². The number of alkyl halides is 3. The van der Waals surface area contributed by atoms with Gasteiger partial charge in [0.2, 0.25) is 0 Å². The lowest BCUT2D eigenvalue weighted by Gasteiger charge is -2.12. The van der Waals surface area contributed by atoms with Crippen molar-refractivity contribution < 1.29 is 21.9 Å². The minimum absolute atomic E-state index is 0.0387. The second kappa shape index (κ2) is 8.81. The average molecular weight is 459 g/mol. The predicted octanol–water partition coefficient (Wildman–Crippen LogP) is 4.25. The number of hydrogen-bond acceptors (Lipinski definition) is 4. The molecule has 4 aromatic rings. The highest BCUT2D eigenvalue weighted by Gasteiger charge is 2.36. The number of halogens is 3. The Morgan fingerprint density at radius 2 is 1.75 bits per heavy atom. The number of nitrogens with zero attached hydrogens (tertiary/aromatic N) is 3. The summed E-state index contributed by atoms with van der Waals surface area (Å²) in [5.74, 6) is 0. The average Bonchev–Trinajstić information content (AvgIpc) is 3.10. The van der Waals surface area contributed by atoms with Crippen molar-refractivity contribution in [2.24, 2.45) is 7.05 Å². The van der Waals surface area contributed by atoms with Crippen molar-refractivity contribution in [1.82, 2.24) is 19.5 Å². The molecule has 0 saturated carbocycles. The zero-order chi connectivity index (χ0) is 22.9. The molecule has 0 aliphatic rings. The lowest BCUT2D eigenvalue weighted by molar-refractivity contribution is -0.136. The molecule has 2 heterocycles. The summed E-state index contributed by atoms with van der Waals surface area (Å²) in [4.78, 5) is 4.49. The molecule has 0 spiro atoms. The molecule has 1 N–H and O–H groups in total. The standard InChI is InChI=1S/C22H19F3N4O2S/c1-29-21-19(20(28-29)16-5-3-2-4-6-16)17(22(23,24)25)13-18(27-21)15-9-7-14(8-10-15)11-12-26-32(30)31/h2-10,13,26H,11-12H2,1H3,(H,30,31)/p-1. The largest absolute Gasteiger partial charge is 0.760 e. The number of nitrogens with one attached hydrogen (secondary N) is 1. The van der Waals surface area contributed by atoms with Gasteiger partial charge in [-0.3, -0.25) is 4.21 Å². The lowest BCUT2D eigenvalue weighted by Crippen LogP contribution is -2.19. The van der Waals surface area contributed by atoms with E-state index in [1.54, 1.807) is 61.6 Å². The minimum atomic E-state index is -4.60. The van der Waals surface area contributed by atoms with Crippen molar-refractivity contribution in [2.75, 3.05) is 6.54 Å². The SMILES string of the molecule is Cn1nc(-c2ccccc2)c2c(C(F)(F)F)cc(-c3ccc(CCNS(=O)[O-])cc3)nc21. The number of rotatable bonds is 6. The molecular formula is C22H18F3N4O2S-. The van der Waals surface area contributed by atoms with Crippen LogP contribution in [0.3, 0.4) is 0 Å². The van der Waals surface area contributed by atoms with E-state index in [-0.39, 0.29) is 29.0 Å². The normalized spacial score (nSPS) is 12.9. The van der Waals surface area contributed by atoms with E-state index >= 15 is 0 Å². The summed E-state index contributed by atoms with van der Waals surface area (Å²) in [6.07, 6.45) is -4.14. The van der Waals surface area contributed by atoms with Crippen LogP contribution in [0.1, 0.15) is 11.1 Å². The molecule has 2 aromatic carbocycles. The Morgan fingerprint density at radius 3 is 2.38 bits per heavy atom.